The van der Waals surface area contributed by atoms with E-state index in [1.807, 2.05) is 13.8 Å². The van der Waals surface area contributed by atoms with E-state index in [9.17, 15) is 9.18 Å². The maximum absolute atomic E-state index is 13.8. The molecular weight excluding hydrogens is 247 g/mol. The second-order valence-electron chi connectivity index (χ2n) is 4.75. The summed E-state index contributed by atoms with van der Waals surface area (Å²) in [4.78, 5) is 12.1. The van der Waals surface area contributed by atoms with Crippen LogP contribution in [0.1, 0.15) is 37.0 Å². The first-order valence-electron chi connectivity index (χ1n) is 6.32. The van der Waals surface area contributed by atoms with Gasteiger partial charge in [0.05, 0.1) is 12.7 Å². The fourth-order valence-electron chi connectivity index (χ4n) is 1.79. The Morgan fingerprint density at radius 1 is 1.53 bits per heavy atom. The summed E-state index contributed by atoms with van der Waals surface area (Å²) >= 11 is 0. The number of nitrogens with one attached hydrogen (secondary N) is 1. The molecule has 0 saturated heterocycles. The molecule has 4 nitrogen and oxygen atoms in total. The summed E-state index contributed by atoms with van der Waals surface area (Å²) < 4.78 is 18.7. The Balaban J connectivity index is 2.89. The maximum atomic E-state index is 13.8. The van der Waals surface area contributed by atoms with Gasteiger partial charge in [0, 0.05) is 11.6 Å². The van der Waals surface area contributed by atoms with Crippen molar-refractivity contribution in [2.24, 2.45) is 5.73 Å². The molecule has 0 radical (unpaired) electrons. The van der Waals surface area contributed by atoms with E-state index in [4.69, 9.17) is 10.5 Å². The minimum atomic E-state index is -0.594. The van der Waals surface area contributed by atoms with E-state index in [0.29, 0.717) is 18.7 Å². The molecule has 1 aromatic carbocycles. The summed E-state index contributed by atoms with van der Waals surface area (Å²) in [5.74, 6) is -0.643. The van der Waals surface area contributed by atoms with E-state index in [-0.39, 0.29) is 5.56 Å². The van der Waals surface area contributed by atoms with E-state index >= 15 is 0 Å². The zero-order chi connectivity index (χ0) is 14.5. The van der Waals surface area contributed by atoms with Crippen molar-refractivity contribution in [1.29, 1.82) is 0 Å². The molecule has 0 spiro atoms. The van der Waals surface area contributed by atoms with Crippen LogP contribution < -0.4 is 15.8 Å². The molecule has 0 aromatic heterocycles. The van der Waals surface area contributed by atoms with Crippen molar-refractivity contribution in [3.8, 4) is 5.75 Å². The number of benzene rings is 1. The van der Waals surface area contributed by atoms with Crippen molar-refractivity contribution < 1.29 is 13.9 Å². The predicted molar refractivity (Wildman–Crippen MR) is 72.8 cm³/mol. The molecule has 1 rings (SSSR count). The molecule has 5 heteroatoms. The Labute approximate surface area is 113 Å². The van der Waals surface area contributed by atoms with Crippen molar-refractivity contribution in [2.45, 2.75) is 32.2 Å². The summed E-state index contributed by atoms with van der Waals surface area (Å²) in [6.07, 6.45) is 1.38. The molecule has 0 fully saturated rings. The van der Waals surface area contributed by atoms with E-state index in [0.717, 1.165) is 6.42 Å². The Hall–Kier alpha value is -1.62. The SMILES string of the molecule is CCC(C)(CCN)NC(=O)c1ccc(OC)cc1F. The van der Waals surface area contributed by atoms with Gasteiger partial charge in [0.25, 0.3) is 5.91 Å². The van der Waals surface area contributed by atoms with E-state index in [1.54, 1.807) is 6.07 Å². The van der Waals surface area contributed by atoms with Gasteiger partial charge in [0.2, 0.25) is 0 Å². The number of carbonyl (C=O) groups is 1. The van der Waals surface area contributed by atoms with Gasteiger partial charge < -0.3 is 15.8 Å². The number of halogens is 1. The number of ether oxygens (including phenoxy) is 1. The monoisotopic (exact) mass is 268 g/mol. The van der Waals surface area contributed by atoms with Gasteiger partial charge in [-0.2, -0.15) is 0 Å². The van der Waals surface area contributed by atoms with Gasteiger partial charge in [0.15, 0.2) is 0 Å². The molecular formula is C14H21FN2O2. The lowest BCUT2D eigenvalue weighted by molar-refractivity contribution is 0.0895. The van der Waals surface area contributed by atoms with Crippen LogP contribution in [0.3, 0.4) is 0 Å². The lowest BCUT2D eigenvalue weighted by atomic mass is 9.94. The van der Waals surface area contributed by atoms with Crippen molar-refractivity contribution >= 4 is 5.91 Å². The highest BCUT2D eigenvalue weighted by molar-refractivity contribution is 5.95. The van der Waals surface area contributed by atoms with Crippen LogP contribution in [0.25, 0.3) is 0 Å². The van der Waals surface area contributed by atoms with Crippen LogP contribution in [0, 0.1) is 5.82 Å². The molecule has 19 heavy (non-hydrogen) atoms. The largest absolute Gasteiger partial charge is 0.497 e. The molecule has 3 N–H and O–H groups in total. The normalized spacial score (nSPS) is 13.7. The van der Waals surface area contributed by atoms with Crippen LogP contribution in [0.15, 0.2) is 18.2 Å². The lowest BCUT2D eigenvalue weighted by Gasteiger charge is -2.29. The molecule has 1 unspecified atom stereocenters. The van der Waals surface area contributed by atoms with Crippen molar-refractivity contribution in [3.63, 3.8) is 0 Å². The average Bonchev–Trinajstić information content (AvgIpc) is 2.38. The molecule has 1 atom stereocenters. The first-order chi connectivity index (χ1) is 8.95. The smallest absolute Gasteiger partial charge is 0.254 e. The number of amides is 1. The third-order valence-electron chi connectivity index (χ3n) is 3.31. The average molecular weight is 268 g/mol. The van der Waals surface area contributed by atoms with Gasteiger partial charge in [-0.15, -0.1) is 0 Å². The van der Waals surface area contributed by atoms with Crippen LogP contribution in [0.2, 0.25) is 0 Å². The number of hydrogen-bond acceptors (Lipinski definition) is 3. The predicted octanol–water partition coefficient (Wildman–Crippen LogP) is 2.08. The molecule has 0 aliphatic heterocycles. The van der Waals surface area contributed by atoms with Gasteiger partial charge in [-0.05, 0) is 38.4 Å². The highest BCUT2D eigenvalue weighted by atomic mass is 19.1. The summed E-state index contributed by atoms with van der Waals surface area (Å²) in [7, 11) is 1.45. The minimum absolute atomic E-state index is 0.0116. The zero-order valence-corrected chi connectivity index (χ0v) is 11.6. The second-order valence-corrected chi connectivity index (χ2v) is 4.75. The van der Waals surface area contributed by atoms with Crippen LogP contribution in [0.4, 0.5) is 4.39 Å². The molecule has 0 saturated carbocycles. The number of rotatable bonds is 6. The Bertz CT molecular complexity index is 451. The fraction of sp³-hybridized carbons (Fsp3) is 0.500. The Morgan fingerprint density at radius 2 is 2.21 bits per heavy atom. The quantitative estimate of drug-likeness (QED) is 0.830. The highest BCUT2D eigenvalue weighted by Gasteiger charge is 2.25. The molecule has 1 amide bonds. The zero-order valence-electron chi connectivity index (χ0n) is 11.6. The van der Waals surface area contributed by atoms with Gasteiger partial charge in [0.1, 0.15) is 11.6 Å². The van der Waals surface area contributed by atoms with Crippen molar-refractivity contribution in [3.05, 3.63) is 29.6 Å². The minimum Gasteiger partial charge on any atom is -0.497 e. The number of hydrogen-bond donors (Lipinski definition) is 2. The van der Waals surface area contributed by atoms with E-state index < -0.39 is 17.3 Å². The topological polar surface area (TPSA) is 64.3 Å². The summed E-state index contributed by atoms with van der Waals surface area (Å²) in [6.45, 7) is 4.33. The number of methoxy groups -OCH3 is 1. The third kappa shape index (κ3) is 3.92. The third-order valence-corrected chi connectivity index (χ3v) is 3.31. The van der Waals surface area contributed by atoms with Crippen LogP contribution in [-0.4, -0.2) is 25.1 Å². The molecule has 0 heterocycles. The second kappa shape index (κ2) is 6.52. The highest BCUT2D eigenvalue weighted by Crippen LogP contribution is 2.19. The number of nitrogens with two attached hydrogens (primary N) is 1. The molecule has 106 valence electrons. The van der Waals surface area contributed by atoms with Crippen LogP contribution >= 0.6 is 0 Å². The Morgan fingerprint density at radius 3 is 2.68 bits per heavy atom. The van der Waals surface area contributed by atoms with E-state index in [2.05, 4.69) is 5.32 Å². The maximum Gasteiger partial charge on any atom is 0.254 e. The summed E-state index contributed by atoms with van der Waals surface area (Å²) in [6, 6.07) is 4.17. The molecule has 0 bridgehead atoms. The van der Waals surface area contributed by atoms with Gasteiger partial charge in [-0.1, -0.05) is 6.92 Å². The van der Waals surface area contributed by atoms with Crippen LogP contribution in [-0.2, 0) is 0 Å². The van der Waals surface area contributed by atoms with Gasteiger partial charge >= 0.3 is 0 Å². The van der Waals surface area contributed by atoms with Crippen molar-refractivity contribution in [2.75, 3.05) is 13.7 Å². The molecule has 1 aromatic rings. The van der Waals surface area contributed by atoms with Gasteiger partial charge in [-0.3, -0.25) is 4.79 Å². The standard InChI is InChI=1S/C14H21FN2O2/c1-4-14(2,7-8-16)17-13(18)11-6-5-10(19-3)9-12(11)15/h5-6,9H,4,7-8,16H2,1-3H3,(H,17,18). The lowest BCUT2D eigenvalue weighted by Crippen LogP contribution is -2.47. The van der Waals surface area contributed by atoms with Crippen LogP contribution in [0.5, 0.6) is 5.75 Å². The summed E-state index contributed by atoms with van der Waals surface area (Å²) in [5, 5.41) is 2.84. The van der Waals surface area contributed by atoms with Crippen molar-refractivity contribution in [1.82, 2.24) is 5.32 Å². The fourth-order valence-corrected chi connectivity index (χ4v) is 1.79. The van der Waals surface area contributed by atoms with Gasteiger partial charge in [-0.25, -0.2) is 4.39 Å². The number of carbonyl (C=O) groups excluding carboxylic acids is 1. The summed E-state index contributed by atoms with van der Waals surface area (Å²) in [5.41, 5.74) is 5.12. The first kappa shape index (κ1) is 15.4. The first-order valence-corrected chi connectivity index (χ1v) is 6.32. The Kier molecular flexibility index (Phi) is 5.30. The van der Waals surface area contributed by atoms with E-state index in [1.165, 1.54) is 19.2 Å². The molecule has 0 aliphatic rings. The molecule has 0 aliphatic carbocycles.